The average Bonchev–Trinajstić information content (AvgIpc) is 3.00. The summed E-state index contributed by atoms with van der Waals surface area (Å²) in [5, 5.41) is 39.1. The smallest absolute Gasteiger partial charge is 0.336 e. The Hall–Kier alpha value is -5.11. The third kappa shape index (κ3) is 8.50. The number of aryl methyl sites for hydroxylation is 2. The lowest BCUT2D eigenvalue weighted by Crippen LogP contribution is -2.17. The van der Waals surface area contributed by atoms with E-state index in [4.69, 9.17) is 15.4 Å². The first kappa shape index (κ1) is 32.8. The largest absolute Gasteiger partial charge is 0.478 e. The highest BCUT2D eigenvalue weighted by molar-refractivity contribution is 6.11. The van der Waals surface area contributed by atoms with Gasteiger partial charge in [-0.3, -0.25) is 25.6 Å². The summed E-state index contributed by atoms with van der Waals surface area (Å²) in [7, 11) is 0. The van der Waals surface area contributed by atoms with Gasteiger partial charge in [-0.1, -0.05) is 36.4 Å². The van der Waals surface area contributed by atoms with E-state index in [1.807, 2.05) is 44.2 Å². The summed E-state index contributed by atoms with van der Waals surface area (Å²) in [6, 6.07) is 20.0. The number of hydrogen-bond acceptors (Lipinski definition) is 9. The van der Waals surface area contributed by atoms with Crippen LogP contribution in [0.1, 0.15) is 70.0 Å². The van der Waals surface area contributed by atoms with Crippen LogP contribution in [-0.4, -0.2) is 38.6 Å². The molecule has 0 spiro atoms. The highest BCUT2D eigenvalue weighted by Gasteiger charge is 2.18. The van der Waals surface area contributed by atoms with E-state index in [0.717, 1.165) is 27.9 Å². The molecule has 0 saturated carbocycles. The molecule has 4 rings (SSSR count). The Morgan fingerprint density at radius 1 is 0.644 bits per heavy atom. The number of aromatic carboxylic acids is 2. The Morgan fingerprint density at radius 2 is 1.29 bits per heavy atom. The van der Waals surface area contributed by atoms with Crippen molar-refractivity contribution >= 4 is 29.2 Å². The number of nitrogens with one attached hydrogen (secondary N) is 2. The van der Waals surface area contributed by atoms with Crippen LogP contribution in [0.5, 0.6) is 0 Å². The van der Waals surface area contributed by atoms with Crippen molar-refractivity contribution < 1.29 is 49.7 Å². The van der Waals surface area contributed by atoms with Crippen molar-refractivity contribution in [1.29, 1.82) is 0 Å². The van der Waals surface area contributed by atoms with Crippen molar-refractivity contribution in [1.82, 2.24) is 0 Å². The first-order chi connectivity index (χ1) is 21.6. The molecule has 234 valence electrons. The van der Waals surface area contributed by atoms with Crippen LogP contribution in [0.3, 0.4) is 0 Å². The molecule has 6 N–H and O–H groups in total. The number of amides is 1. The first-order valence-corrected chi connectivity index (χ1v) is 13.7. The van der Waals surface area contributed by atoms with Gasteiger partial charge in [-0.25, -0.2) is 19.4 Å². The van der Waals surface area contributed by atoms with Gasteiger partial charge in [-0.15, -0.1) is 0 Å². The summed E-state index contributed by atoms with van der Waals surface area (Å²) < 4.78 is 0. The number of anilines is 2. The van der Waals surface area contributed by atoms with Crippen LogP contribution >= 0.6 is 0 Å². The number of rotatable bonds is 14. The normalized spacial score (nSPS) is 10.8. The lowest BCUT2D eigenvalue weighted by Gasteiger charge is -2.14. The van der Waals surface area contributed by atoms with Gasteiger partial charge in [0.2, 0.25) is 0 Å². The van der Waals surface area contributed by atoms with Crippen LogP contribution < -0.4 is 10.8 Å². The zero-order valence-electron chi connectivity index (χ0n) is 24.5. The maximum atomic E-state index is 13.0. The zero-order chi connectivity index (χ0) is 32.5. The van der Waals surface area contributed by atoms with Gasteiger partial charge in [-0.2, -0.15) is 0 Å². The van der Waals surface area contributed by atoms with E-state index in [0.29, 0.717) is 28.8 Å². The topological polar surface area (TPSA) is 184 Å². The third-order valence-electron chi connectivity index (χ3n) is 7.11. The number of carbonyl (C=O) groups excluding carboxylic acids is 1. The predicted octanol–water partition coefficient (Wildman–Crippen LogP) is 6.07. The molecule has 0 atom stereocenters. The summed E-state index contributed by atoms with van der Waals surface area (Å²) in [5.41, 5.74) is 9.30. The molecule has 4 aromatic rings. The fourth-order valence-corrected chi connectivity index (χ4v) is 4.78. The zero-order valence-corrected chi connectivity index (χ0v) is 24.5. The fourth-order valence-electron chi connectivity index (χ4n) is 4.78. The van der Waals surface area contributed by atoms with Crippen LogP contribution in [-0.2, 0) is 40.9 Å². The SMILES string of the molecule is Cc1cc(Cc2ccc(NC(=O)c3cc(COO)ccc3C(=O)O)c(C)c2)ccc1NOCc1cc(C(=O)O)ccc1COO. The van der Waals surface area contributed by atoms with Crippen molar-refractivity contribution in [2.75, 3.05) is 10.8 Å². The van der Waals surface area contributed by atoms with E-state index >= 15 is 0 Å². The van der Waals surface area contributed by atoms with E-state index in [1.54, 1.807) is 12.1 Å². The molecule has 0 saturated heterocycles. The summed E-state index contributed by atoms with van der Waals surface area (Å²) in [6.45, 7) is 3.49. The monoisotopic (exact) mass is 616 g/mol. The van der Waals surface area contributed by atoms with Gasteiger partial charge in [0.15, 0.2) is 0 Å². The highest BCUT2D eigenvalue weighted by atomic mass is 17.1. The van der Waals surface area contributed by atoms with Gasteiger partial charge in [-0.05, 0) is 95.6 Å². The molecule has 12 heteroatoms. The van der Waals surface area contributed by atoms with Crippen molar-refractivity contribution in [2.45, 2.75) is 40.1 Å². The Kier molecular flexibility index (Phi) is 11.0. The minimum Gasteiger partial charge on any atom is -0.478 e. The molecule has 12 nitrogen and oxygen atoms in total. The summed E-state index contributed by atoms with van der Waals surface area (Å²) in [4.78, 5) is 50.0. The molecular formula is C33H32N2O10. The fraction of sp³-hybridized carbons (Fsp3) is 0.182. The molecule has 45 heavy (non-hydrogen) atoms. The van der Waals surface area contributed by atoms with E-state index < -0.39 is 17.8 Å². The van der Waals surface area contributed by atoms with Crippen molar-refractivity contribution in [3.8, 4) is 0 Å². The lowest BCUT2D eigenvalue weighted by molar-refractivity contribution is -0.253. The van der Waals surface area contributed by atoms with Crippen LogP contribution in [0, 0.1) is 13.8 Å². The van der Waals surface area contributed by atoms with Gasteiger partial charge in [0, 0.05) is 5.69 Å². The summed E-state index contributed by atoms with van der Waals surface area (Å²) in [6.07, 6.45) is 0.607. The summed E-state index contributed by atoms with van der Waals surface area (Å²) in [5.74, 6) is -2.93. The molecular weight excluding hydrogens is 584 g/mol. The van der Waals surface area contributed by atoms with E-state index in [9.17, 15) is 24.6 Å². The second kappa shape index (κ2) is 15.1. The van der Waals surface area contributed by atoms with Crippen molar-refractivity contribution in [3.63, 3.8) is 0 Å². The minimum absolute atomic E-state index is 0.0311. The lowest BCUT2D eigenvalue weighted by atomic mass is 10.00. The van der Waals surface area contributed by atoms with E-state index in [2.05, 4.69) is 20.6 Å². The maximum Gasteiger partial charge on any atom is 0.336 e. The molecule has 0 aromatic heterocycles. The minimum atomic E-state index is -1.25. The second-order valence-electron chi connectivity index (χ2n) is 10.3. The summed E-state index contributed by atoms with van der Waals surface area (Å²) >= 11 is 0. The quantitative estimate of drug-likeness (QED) is 0.0714. The molecule has 0 unspecified atom stereocenters. The van der Waals surface area contributed by atoms with Gasteiger partial charge >= 0.3 is 11.9 Å². The van der Waals surface area contributed by atoms with Gasteiger partial charge in [0.1, 0.15) is 19.8 Å². The maximum absolute atomic E-state index is 13.0. The van der Waals surface area contributed by atoms with E-state index in [-0.39, 0.29) is 36.5 Å². The predicted molar refractivity (Wildman–Crippen MR) is 163 cm³/mol. The Balaban J connectivity index is 1.40. The third-order valence-corrected chi connectivity index (χ3v) is 7.11. The number of carboxylic acid groups (broad SMARTS) is 2. The number of hydrogen-bond donors (Lipinski definition) is 6. The van der Waals surface area contributed by atoms with Gasteiger partial charge in [0.05, 0.1) is 22.4 Å². The standard InChI is InChI=1S/C33H32N2O10/c1-19-11-21(4-9-29(19)34-31(36)28-14-23(16-44-41)3-8-27(28)33(39)40)13-22-5-10-30(20(2)12-22)35-43-17-26-15-24(32(37)38)6-7-25(26)18-45-42/h3-12,14-15,35,41-42H,13,16-18H2,1-2H3,(H,34,36)(H,37,38)(H,39,40). The molecule has 0 radical (unpaired) electrons. The Labute approximate surface area is 258 Å². The first-order valence-electron chi connectivity index (χ1n) is 13.7. The van der Waals surface area contributed by atoms with Crippen LogP contribution in [0.25, 0.3) is 0 Å². The molecule has 0 aliphatic heterocycles. The molecule has 0 bridgehead atoms. The second-order valence-corrected chi connectivity index (χ2v) is 10.3. The molecule has 4 aromatic carbocycles. The van der Waals surface area contributed by atoms with Gasteiger partial charge in [0.25, 0.3) is 5.91 Å². The molecule has 0 aliphatic rings. The Bertz CT molecular complexity index is 1720. The van der Waals surface area contributed by atoms with Crippen LogP contribution in [0.15, 0.2) is 72.8 Å². The number of carbonyl (C=O) groups is 3. The van der Waals surface area contributed by atoms with Crippen LogP contribution in [0.4, 0.5) is 11.4 Å². The Morgan fingerprint density at radius 3 is 1.89 bits per heavy atom. The highest BCUT2D eigenvalue weighted by Crippen LogP contribution is 2.24. The molecule has 0 aliphatic carbocycles. The average molecular weight is 617 g/mol. The van der Waals surface area contributed by atoms with E-state index in [1.165, 1.54) is 30.3 Å². The van der Waals surface area contributed by atoms with Crippen molar-refractivity contribution in [2.24, 2.45) is 0 Å². The van der Waals surface area contributed by atoms with Crippen LogP contribution in [0.2, 0.25) is 0 Å². The number of benzene rings is 4. The van der Waals surface area contributed by atoms with Gasteiger partial charge < -0.3 is 15.5 Å². The molecule has 1 amide bonds. The number of carboxylic acids is 2. The van der Waals surface area contributed by atoms with Crippen molar-refractivity contribution in [3.05, 3.63) is 128 Å². The molecule has 0 fully saturated rings. The molecule has 0 heterocycles.